The SMILES string of the molecule is CC[S@](=O)c1cc(OC(C)(C)C#N)cnc1-c1nc2cc(C(F)(F)F)nnc2n1C. The molecule has 12 heteroatoms. The number of hydrogen-bond acceptors (Lipinski definition) is 7. The van der Waals surface area contributed by atoms with Crippen molar-refractivity contribution in [2.75, 3.05) is 5.75 Å². The molecule has 0 saturated heterocycles. The maximum Gasteiger partial charge on any atom is 0.435 e. The van der Waals surface area contributed by atoms with Crippen molar-refractivity contribution in [3.05, 3.63) is 24.0 Å². The van der Waals surface area contributed by atoms with Gasteiger partial charge in [0.1, 0.15) is 23.0 Å². The molecule has 0 bridgehead atoms. The van der Waals surface area contributed by atoms with E-state index in [1.165, 1.54) is 16.8 Å². The summed E-state index contributed by atoms with van der Waals surface area (Å²) in [5.74, 6) is 0.684. The minimum Gasteiger partial charge on any atom is -0.471 e. The fourth-order valence-electron chi connectivity index (χ4n) is 2.63. The summed E-state index contributed by atoms with van der Waals surface area (Å²) in [4.78, 5) is 8.79. The lowest BCUT2D eigenvalue weighted by Gasteiger charge is -2.19. The summed E-state index contributed by atoms with van der Waals surface area (Å²) in [6.45, 7) is 4.85. The summed E-state index contributed by atoms with van der Waals surface area (Å²) in [5, 5.41) is 16.0. The third-order valence-corrected chi connectivity index (χ3v) is 5.42. The maximum atomic E-state index is 12.9. The highest BCUT2D eigenvalue weighted by Gasteiger charge is 2.34. The van der Waals surface area contributed by atoms with Crippen molar-refractivity contribution in [2.45, 2.75) is 37.4 Å². The Hall–Kier alpha value is -3.07. The van der Waals surface area contributed by atoms with E-state index in [1.54, 1.807) is 27.8 Å². The van der Waals surface area contributed by atoms with Crippen LogP contribution in [0.2, 0.25) is 0 Å². The Morgan fingerprint density at radius 3 is 2.57 bits per heavy atom. The van der Waals surface area contributed by atoms with Crippen LogP contribution in [0.25, 0.3) is 22.7 Å². The second-order valence-electron chi connectivity index (χ2n) is 6.81. The van der Waals surface area contributed by atoms with Crippen LogP contribution in [0.5, 0.6) is 5.75 Å². The van der Waals surface area contributed by atoms with Gasteiger partial charge in [0, 0.05) is 24.9 Å². The largest absolute Gasteiger partial charge is 0.471 e. The predicted molar refractivity (Wildman–Crippen MR) is 102 cm³/mol. The zero-order chi connectivity index (χ0) is 22.3. The number of halogens is 3. The van der Waals surface area contributed by atoms with Crippen LogP contribution >= 0.6 is 0 Å². The second-order valence-corrected chi connectivity index (χ2v) is 8.51. The fourth-order valence-corrected chi connectivity index (χ4v) is 3.55. The van der Waals surface area contributed by atoms with E-state index in [2.05, 4.69) is 20.2 Å². The summed E-state index contributed by atoms with van der Waals surface area (Å²) in [6.07, 6.45) is -3.31. The van der Waals surface area contributed by atoms with Gasteiger partial charge < -0.3 is 9.30 Å². The van der Waals surface area contributed by atoms with E-state index in [0.29, 0.717) is 0 Å². The lowest BCUT2D eigenvalue weighted by molar-refractivity contribution is -0.141. The molecule has 0 aliphatic carbocycles. The highest BCUT2D eigenvalue weighted by atomic mass is 32.2. The van der Waals surface area contributed by atoms with Crippen LogP contribution in [0.3, 0.4) is 0 Å². The van der Waals surface area contributed by atoms with Crippen molar-refractivity contribution in [1.29, 1.82) is 5.26 Å². The van der Waals surface area contributed by atoms with Crippen LogP contribution in [0, 0.1) is 11.3 Å². The highest BCUT2D eigenvalue weighted by molar-refractivity contribution is 7.85. The molecular formula is C18H17F3N6O2S. The molecule has 0 saturated carbocycles. The average Bonchev–Trinajstić information content (AvgIpc) is 3.02. The Kier molecular flexibility index (Phi) is 5.51. The molecule has 3 aromatic heterocycles. The Bertz CT molecular complexity index is 1180. The molecule has 30 heavy (non-hydrogen) atoms. The van der Waals surface area contributed by atoms with Gasteiger partial charge in [0.15, 0.2) is 22.8 Å². The zero-order valence-corrected chi connectivity index (χ0v) is 17.3. The van der Waals surface area contributed by atoms with Gasteiger partial charge in [-0.2, -0.15) is 18.4 Å². The minimum atomic E-state index is -4.65. The number of pyridine rings is 1. The first-order valence-corrected chi connectivity index (χ1v) is 10.0. The first-order chi connectivity index (χ1) is 14.0. The topological polar surface area (TPSA) is 107 Å². The van der Waals surface area contributed by atoms with Gasteiger partial charge in [-0.15, -0.1) is 10.2 Å². The molecule has 0 aliphatic rings. The molecule has 0 N–H and O–H groups in total. The molecule has 0 amide bonds. The van der Waals surface area contributed by atoms with Crippen LogP contribution < -0.4 is 4.74 Å². The lowest BCUT2D eigenvalue weighted by atomic mass is 10.2. The maximum absolute atomic E-state index is 12.9. The van der Waals surface area contributed by atoms with E-state index < -0.39 is 28.3 Å². The van der Waals surface area contributed by atoms with Crippen LogP contribution in [0.15, 0.2) is 23.2 Å². The lowest BCUT2D eigenvalue weighted by Crippen LogP contribution is -2.25. The Morgan fingerprint density at radius 1 is 1.27 bits per heavy atom. The average molecular weight is 438 g/mol. The van der Waals surface area contributed by atoms with Crippen molar-refractivity contribution >= 4 is 22.0 Å². The number of hydrogen-bond donors (Lipinski definition) is 0. The van der Waals surface area contributed by atoms with E-state index in [-0.39, 0.29) is 39.1 Å². The van der Waals surface area contributed by atoms with Gasteiger partial charge in [0.25, 0.3) is 0 Å². The summed E-state index contributed by atoms with van der Waals surface area (Å²) >= 11 is 0. The predicted octanol–water partition coefficient (Wildman–Crippen LogP) is 3.25. The number of rotatable bonds is 5. The molecular weight excluding hydrogens is 421 g/mol. The van der Waals surface area contributed by atoms with Gasteiger partial charge in [-0.05, 0) is 13.8 Å². The number of nitrogens with zero attached hydrogens (tertiary/aromatic N) is 6. The Labute approximate surface area is 172 Å². The van der Waals surface area contributed by atoms with Crippen LogP contribution in [-0.4, -0.2) is 40.3 Å². The minimum absolute atomic E-state index is 0.0178. The van der Waals surface area contributed by atoms with Gasteiger partial charge in [0.05, 0.1) is 21.9 Å². The molecule has 0 unspecified atom stereocenters. The van der Waals surface area contributed by atoms with E-state index in [9.17, 15) is 17.4 Å². The molecule has 3 aromatic rings. The number of fused-ring (bicyclic) bond motifs is 1. The number of aromatic nitrogens is 5. The molecule has 158 valence electrons. The second kappa shape index (κ2) is 7.64. The smallest absolute Gasteiger partial charge is 0.435 e. The van der Waals surface area contributed by atoms with Crippen molar-refractivity contribution in [2.24, 2.45) is 7.05 Å². The van der Waals surface area contributed by atoms with Crippen molar-refractivity contribution in [3.8, 4) is 23.3 Å². The van der Waals surface area contributed by atoms with Gasteiger partial charge >= 0.3 is 6.18 Å². The summed E-state index contributed by atoms with van der Waals surface area (Å²) in [7, 11) is 0.0655. The number of nitriles is 1. The molecule has 0 spiro atoms. The van der Waals surface area contributed by atoms with Gasteiger partial charge in [0.2, 0.25) is 0 Å². The zero-order valence-electron chi connectivity index (χ0n) is 16.5. The molecule has 8 nitrogen and oxygen atoms in total. The molecule has 0 radical (unpaired) electrons. The van der Waals surface area contributed by atoms with E-state index >= 15 is 0 Å². The van der Waals surface area contributed by atoms with E-state index in [1.807, 2.05) is 6.07 Å². The standard InChI is InChI=1S/C18H17F3N6O2S/c1-5-30(28)12-6-10(29-17(2,3)9-22)8-23-14(12)16-24-11-7-13(18(19,20)21)25-26-15(11)27(16)4/h6-8H,5H2,1-4H3/t30-/m0/s1. The van der Waals surface area contributed by atoms with E-state index in [4.69, 9.17) is 10.00 Å². The summed E-state index contributed by atoms with van der Waals surface area (Å²) in [6, 6.07) is 4.29. The van der Waals surface area contributed by atoms with Crippen LogP contribution in [0.4, 0.5) is 13.2 Å². The third-order valence-electron chi connectivity index (χ3n) is 4.10. The summed E-state index contributed by atoms with van der Waals surface area (Å²) in [5.41, 5.74) is -1.97. The number of alkyl halides is 3. The number of aryl methyl sites for hydroxylation is 1. The van der Waals surface area contributed by atoms with Crippen molar-refractivity contribution < 1.29 is 22.1 Å². The van der Waals surface area contributed by atoms with Crippen molar-refractivity contribution in [3.63, 3.8) is 0 Å². The monoisotopic (exact) mass is 438 g/mol. The molecule has 0 fully saturated rings. The van der Waals surface area contributed by atoms with Crippen LogP contribution in [-0.2, 0) is 24.0 Å². The van der Waals surface area contributed by atoms with Crippen molar-refractivity contribution in [1.82, 2.24) is 24.7 Å². The normalized spacial score (nSPS) is 13.3. The summed E-state index contributed by atoms with van der Waals surface area (Å²) < 4.78 is 58.5. The number of imidazole rings is 1. The molecule has 0 aliphatic heterocycles. The molecule has 3 heterocycles. The molecule has 0 aromatic carbocycles. The fraction of sp³-hybridized carbons (Fsp3) is 0.389. The van der Waals surface area contributed by atoms with Crippen LogP contribution in [0.1, 0.15) is 26.5 Å². The van der Waals surface area contributed by atoms with Gasteiger partial charge in [-0.25, -0.2) is 9.97 Å². The Morgan fingerprint density at radius 2 is 1.97 bits per heavy atom. The molecule has 1 atom stereocenters. The molecule has 3 rings (SSSR count). The van der Waals surface area contributed by atoms with Gasteiger partial charge in [-0.1, -0.05) is 6.92 Å². The Balaban J connectivity index is 2.17. The highest BCUT2D eigenvalue weighted by Crippen LogP contribution is 2.32. The third kappa shape index (κ3) is 4.11. The van der Waals surface area contributed by atoms with Gasteiger partial charge in [-0.3, -0.25) is 4.21 Å². The first kappa shape index (κ1) is 21.6. The van der Waals surface area contributed by atoms with E-state index in [0.717, 1.165) is 6.07 Å². The number of ether oxygens (including phenoxy) is 1. The first-order valence-electron chi connectivity index (χ1n) is 8.73. The quantitative estimate of drug-likeness (QED) is 0.602.